The maximum absolute atomic E-state index is 12.2. The van der Waals surface area contributed by atoms with Crippen LogP contribution in [-0.4, -0.2) is 44.0 Å². The van der Waals surface area contributed by atoms with E-state index in [1.54, 1.807) is 13.8 Å². The van der Waals surface area contributed by atoms with E-state index in [0.29, 0.717) is 28.2 Å². The van der Waals surface area contributed by atoms with Gasteiger partial charge in [-0.1, -0.05) is 23.1 Å². The van der Waals surface area contributed by atoms with Crippen molar-refractivity contribution in [1.29, 1.82) is 0 Å². The van der Waals surface area contributed by atoms with Crippen LogP contribution in [0.1, 0.15) is 53.8 Å². The predicted octanol–water partition coefficient (Wildman–Crippen LogP) is 2.85. The van der Waals surface area contributed by atoms with Gasteiger partial charge in [0.25, 0.3) is 0 Å². The molecule has 0 spiro atoms. The number of esters is 1. The number of nitrogens with one attached hydrogen (secondary N) is 1. The monoisotopic (exact) mass is 395 g/mol. The molecule has 1 aliphatic carbocycles. The van der Waals surface area contributed by atoms with E-state index >= 15 is 0 Å². The zero-order valence-corrected chi connectivity index (χ0v) is 16.6. The standard InChI is InChI=1S/C16H21N5O3S2/c1-4-21-13(10-6-7-10)19-20-16(21)25-8-11(22)18-15-17-9(3)12(26-15)14(23)24-5-2/h10H,4-8H2,1-3H3,(H,17,18,22). The quantitative estimate of drug-likeness (QED) is 0.542. The van der Waals surface area contributed by atoms with Gasteiger partial charge in [-0.3, -0.25) is 4.79 Å². The van der Waals surface area contributed by atoms with Crippen molar-refractivity contribution in [3.05, 3.63) is 16.4 Å². The van der Waals surface area contributed by atoms with Crippen LogP contribution in [0.15, 0.2) is 5.16 Å². The Morgan fingerprint density at radius 3 is 2.77 bits per heavy atom. The van der Waals surface area contributed by atoms with Crippen LogP contribution < -0.4 is 5.32 Å². The molecule has 1 aliphatic rings. The molecule has 0 aliphatic heterocycles. The topological polar surface area (TPSA) is 99.0 Å². The van der Waals surface area contributed by atoms with Crippen molar-refractivity contribution in [2.75, 3.05) is 17.7 Å². The van der Waals surface area contributed by atoms with E-state index in [1.165, 1.54) is 11.8 Å². The lowest BCUT2D eigenvalue weighted by atomic mass is 10.4. The molecule has 140 valence electrons. The molecule has 0 aromatic carbocycles. The van der Waals surface area contributed by atoms with E-state index in [4.69, 9.17) is 4.74 Å². The average Bonchev–Trinajstić information content (AvgIpc) is 3.27. The number of anilines is 1. The van der Waals surface area contributed by atoms with Gasteiger partial charge in [0.15, 0.2) is 10.3 Å². The maximum Gasteiger partial charge on any atom is 0.350 e. The first-order valence-corrected chi connectivity index (χ1v) is 10.3. The fourth-order valence-corrected chi connectivity index (χ4v) is 4.15. The zero-order chi connectivity index (χ0) is 18.7. The SMILES string of the molecule is CCOC(=O)c1sc(NC(=O)CSc2nnc(C3CC3)n2CC)nc1C. The third-order valence-corrected chi connectivity index (χ3v) is 5.86. The minimum absolute atomic E-state index is 0.196. The van der Waals surface area contributed by atoms with Crippen molar-refractivity contribution in [2.24, 2.45) is 0 Å². The molecule has 0 saturated heterocycles. The summed E-state index contributed by atoms with van der Waals surface area (Å²) in [6.45, 7) is 6.61. The Balaban J connectivity index is 1.58. The van der Waals surface area contributed by atoms with Crippen molar-refractivity contribution in [1.82, 2.24) is 19.7 Å². The molecule has 1 N–H and O–H groups in total. The first kappa shape index (κ1) is 18.8. The summed E-state index contributed by atoms with van der Waals surface area (Å²) in [5.74, 6) is 1.13. The van der Waals surface area contributed by atoms with Crippen LogP contribution in [0, 0.1) is 6.92 Å². The lowest BCUT2D eigenvalue weighted by Crippen LogP contribution is -2.14. The summed E-state index contributed by atoms with van der Waals surface area (Å²) in [7, 11) is 0. The minimum Gasteiger partial charge on any atom is -0.462 e. The second kappa shape index (κ2) is 8.17. The summed E-state index contributed by atoms with van der Waals surface area (Å²) < 4.78 is 7.05. The molecule has 2 aromatic rings. The zero-order valence-electron chi connectivity index (χ0n) is 14.9. The summed E-state index contributed by atoms with van der Waals surface area (Å²) in [6, 6.07) is 0. The molecule has 26 heavy (non-hydrogen) atoms. The molecule has 0 atom stereocenters. The number of thioether (sulfide) groups is 1. The lowest BCUT2D eigenvalue weighted by molar-refractivity contribution is -0.113. The first-order valence-electron chi connectivity index (χ1n) is 8.53. The Morgan fingerprint density at radius 1 is 1.35 bits per heavy atom. The summed E-state index contributed by atoms with van der Waals surface area (Å²) in [5, 5.41) is 12.4. The number of carbonyl (C=O) groups is 2. The summed E-state index contributed by atoms with van der Waals surface area (Å²) >= 11 is 2.47. The highest BCUT2D eigenvalue weighted by Crippen LogP contribution is 2.40. The van der Waals surface area contributed by atoms with Crippen LogP contribution in [0.5, 0.6) is 0 Å². The number of hydrogen-bond acceptors (Lipinski definition) is 8. The predicted molar refractivity (Wildman–Crippen MR) is 99.8 cm³/mol. The van der Waals surface area contributed by atoms with Crippen molar-refractivity contribution in [3.63, 3.8) is 0 Å². The Bertz CT molecular complexity index is 813. The van der Waals surface area contributed by atoms with Gasteiger partial charge in [-0.2, -0.15) is 0 Å². The highest BCUT2D eigenvalue weighted by Gasteiger charge is 2.30. The van der Waals surface area contributed by atoms with Gasteiger partial charge in [-0.05, 0) is 33.6 Å². The number of rotatable bonds is 8. The molecule has 3 rings (SSSR count). The number of hydrogen-bond donors (Lipinski definition) is 1. The molecular weight excluding hydrogens is 374 g/mol. The van der Waals surface area contributed by atoms with Crippen LogP contribution in [0.3, 0.4) is 0 Å². The fourth-order valence-electron chi connectivity index (χ4n) is 2.47. The number of nitrogens with zero attached hydrogens (tertiary/aromatic N) is 4. The second-order valence-corrected chi connectivity index (χ2v) is 7.79. The van der Waals surface area contributed by atoms with E-state index in [-0.39, 0.29) is 11.7 Å². The maximum atomic E-state index is 12.2. The van der Waals surface area contributed by atoms with Crippen molar-refractivity contribution < 1.29 is 14.3 Å². The second-order valence-electron chi connectivity index (χ2n) is 5.85. The van der Waals surface area contributed by atoms with E-state index in [9.17, 15) is 9.59 Å². The van der Waals surface area contributed by atoms with Crippen molar-refractivity contribution in [2.45, 2.75) is 51.2 Å². The van der Waals surface area contributed by atoms with Gasteiger partial charge in [0.2, 0.25) is 5.91 Å². The number of thiazole rings is 1. The van der Waals surface area contributed by atoms with Crippen molar-refractivity contribution in [3.8, 4) is 0 Å². The van der Waals surface area contributed by atoms with E-state index < -0.39 is 5.97 Å². The lowest BCUT2D eigenvalue weighted by Gasteiger charge is -2.06. The van der Waals surface area contributed by atoms with Crippen LogP contribution in [-0.2, 0) is 16.1 Å². The smallest absolute Gasteiger partial charge is 0.350 e. The number of carbonyl (C=O) groups excluding carboxylic acids is 2. The third kappa shape index (κ3) is 4.24. The van der Waals surface area contributed by atoms with Gasteiger partial charge in [-0.25, -0.2) is 9.78 Å². The molecule has 1 fully saturated rings. The van der Waals surface area contributed by atoms with Gasteiger partial charge in [0, 0.05) is 12.5 Å². The summed E-state index contributed by atoms with van der Waals surface area (Å²) in [4.78, 5) is 28.7. The summed E-state index contributed by atoms with van der Waals surface area (Å²) in [6.07, 6.45) is 2.32. The molecule has 0 radical (unpaired) electrons. The Morgan fingerprint density at radius 2 is 2.12 bits per heavy atom. The Kier molecular flexibility index (Phi) is 5.92. The van der Waals surface area contributed by atoms with Gasteiger partial charge in [0.1, 0.15) is 10.7 Å². The molecule has 10 heteroatoms. The normalized spacial score (nSPS) is 13.7. The number of ether oxygens (including phenoxy) is 1. The molecule has 2 aromatic heterocycles. The number of aryl methyl sites for hydroxylation is 1. The third-order valence-electron chi connectivity index (χ3n) is 3.84. The molecule has 1 amide bonds. The van der Waals surface area contributed by atoms with Gasteiger partial charge < -0.3 is 14.6 Å². The highest BCUT2D eigenvalue weighted by atomic mass is 32.2. The average molecular weight is 396 g/mol. The summed E-state index contributed by atoms with van der Waals surface area (Å²) in [5.41, 5.74) is 0.552. The Labute approximate surface area is 159 Å². The van der Waals surface area contributed by atoms with E-state index in [2.05, 4.69) is 32.0 Å². The van der Waals surface area contributed by atoms with Crippen LogP contribution in [0.4, 0.5) is 5.13 Å². The molecular formula is C16H21N5O3S2. The highest BCUT2D eigenvalue weighted by molar-refractivity contribution is 7.99. The molecule has 2 heterocycles. The molecule has 0 bridgehead atoms. The van der Waals surface area contributed by atoms with Crippen LogP contribution in [0.2, 0.25) is 0 Å². The van der Waals surface area contributed by atoms with Gasteiger partial charge in [-0.15, -0.1) is 10.2 Å². The minimum atomic E-state index is -0.416. The first-order chi connectivity index (χ1) is 12.5. The van der Waals surface area contributed by atoms with Gasteiger partial charge >= 0.3 is 5.97 Å². The van der Waals surface area contributed by atoms with E-state index in [1.807, 2.05) is 0 Å². The number of aromatic nitrogens is 4. The van der Waals surface area contributed by atoms with Crippen molar-refractivity contribution >= 4 is 40.1 Å². The number of amides is 1. The van der Waals surface area contributed by atoms with Crippen LogP contribution >= 0.6 is 23.1 Å². The Hall–Kier alpha value is -1.94. The molecule has 0 unspecified atom stereocenters. The van der Waals surface area contributed by atoms with E-state index in [0.717, 1.165) is 41.7 Å². The van der Waals surface area contributed by atoms with Gasteiger partial charge in [0.05, 0.1) is 18.1 Å². The molecule has 8 nitrogen and oxygen atoms in total. The molecule has 1 saturated carbocycles. The fraction of sp³-hybridized carbons (Fsp3) is 0.562. The largest absolute Gasteiger partial charge is 0.462 e. The van der Waals surface area contributed by atoms with Crippen LogP contribution in [0.25, 0.3) is 0 Å².